The lowest BCUT2D eigenvalue weighted by atomic mass is 9.98. The molecular formula is C21H20N2O4. The maximum absolute atomic E-state index is 12.1. The van der Waals surface area contributed by atoms with Crippen LogP contribution in [0.1, 0.15) is 30.1 Å². The van der Waals surface area contributed by atoms with Crippen LogP contribution in [0.25, 0.3) is 0 Å². The number of ether oxygens (including phenoxy) is 2. The number of hydrogen-bond donors (Lipinski definition) is 1. The summed E-state index contributed by atoms with van der Waals surface area (Å²) in [6.07, 6.45) is 1.84. The highest BCUT2D eigenvalue weighted by molar-refractivity contribution is 5.91. The molecule has 0 aliphatic heterocycles. The van der Waals surface area contributed by atoms with Gasteiger partial charge in [-0.1, -0.05) is 18.2 Å². The molecule has 0 saturated heterocycles. The summed E-state index contributed by atoms with van der Waals surface area (Å²) in [5.41, 5.74) is -0.589. The fourth-order valence-corrected chi connectivity index (χ4v) is 2.71. The number of carbonyl (C=O) groups excluding carboxylic acids is 2. The Hall–Kier alpha value is -3.33. The van der Waals surface area contributed by atoms with E-state index in [1.165, 1.54) is 0 Å². The number of nitrogens with zero attached hydrogens (tertiary/aromatic N) is 1. The quantitative estimate of drug-likeness (QED) is 0.760. The summed E-state index contributed by atoms with van der Waals surface area (Å²) in [6.45, 7) is 1.26. The van der Waals surface area contributed by atoms with Crippen molar-refractivity contribution in [1.82, 2.24) is 5.32 Å². The number of nitrogens with one attached hydrogen (secondary N) is 1. The van der Waals surface area contributed by atoms with Gasteiger partial charge in [-0.3, -0.25) is 4.79 Å². The predicted octanol–water partition coefficient (Wildman–Crippen LogP) is 3.44. The molecule has 1 fully saturated rings. The van der Waals surface area contributed by atoms with Crippen molar-refractivity contribution in [2.45, 2.75) is 25.3 Å². The lowest BCUT2D eigenvalue weighted by Crippen LogP contribution is -2.48. The van der Waals surface area contributed by atoms with Gasteiger partial charge in [0, 0.05) is 0 Å². The molecule has 1 aliphatic rings. The van der Waals surface area contributed by atoms with Crippen molar-refractivity contribution in [3.63, 3.8) is 0 Å². The number of esters is 1. The number of rotatable bonds is 7. The Morgan fingerprint density at radius 2 is 1.74 bits per heavy atom. The number of amides is 1. The molecule has 0 aromatic heterocycles. The number of hydrogen-bond acceptors (Lipinski definition) is 5. The third-order valence-electron chi connectivity index (χ3n) is 4.43. The first kappa shape index (κ1) is 18.5. The molecule has 0 radical (unpaired) electrons. The highest BCUT2D eigenvalue weighted by atomic mass is 16.5. The monoisotopic (exact) mass is 364 g/mol. The zero-order chi connectivity index (χ0) is 19.3. The van der Waals surface area contributed by atoms with E-state index in [1.807, 2.05) is 30.3 Å². The molecule has 1 saturated carbocycles. The summed E-state index contributed by atoms with van der Waals surface area (Å²) in [6, 6.07) is 17.9. The summed E-state index contributed by atoms with van der Waals surface area (Å²) in [5, 5.41) is 11.9. The second-order valence-corrected chi connectivity index (χ2v) is 6.65. The molecule has 6 nitrogen and oxygen atoms in total. The van der Waals surface area contributed by atoms with E-state index in [0.29, 0.717) is 17.1 Å². The number of carbonyl (C=O) groups is 2. The lowest BCUT2D eigenvalue weighted by Gasteiger charge is -2.22. The summed E-state index contributed by atoms with van der Waals surface area (Å²) >= 11 is 0. The second-order valence-electron chi connectivity index (χ2n) is 6.65. The minimum Gasteiger partial charge on any atom is -0.457 e. The van der Waals surface area contributed by atoms with E-state index in [0.717, 1.165) is 12.8 Å². The minimum atomic E-state index is -0.903. The number of para-hydroxylation sites is 1. The maximum atomic E-state index is 12.1. The van der Waals surface area contributed by atoms with Gasteiger partial charge in [0.2, 0.25) is 0 Å². The molecule has 1 amide bonds. The third-order valence-corrected chi connectivity index (χ3v) is 4.43. The van der Waals surface area contributed by atoms with Gasteiger partial charge in [-0.2, -0.15) is 5.26 Å². The van der Waals surface area contributed by atoms with Gasteiger partial charge in [-0.25, -0.2) is 4.79 Å². The van der Waals surface area contributed by atoms with Gasteiger partial charge in [0.1, 0.15) is 17.0 Å². The van der Waals surface area contributed by atoms with E-state index in [-0.39, 0.29) is 5.92 Å². The zero-order valence-corrected chi connectivity index (χ0v) is 15.0. The minimum absolute atomic E-state index is 0.166. The average molecular weight is 364 g/mol. The van der Waals surface area contributed by atoms with Gasteiger partial charge in [0.15, 0.2) is 6.61 Å². The summed E-state index contributed by atoms with van der Waals surface area (Å²) < 4.78 is 10.7. The maximum Gasteiger partial charge on any atom is 0.338 e. The standard InChI is InChI=1S/C21H20N2O4/c1-21(14-22,16-9-10-16)23-19(24)13-26-20(25)15-7-11-18(12-8-15)27-17-5-3-2-4-6-17/h2-8,11-12,16H,9-10,13H2,1H3,(H,23,24)/t21-/m1/s1. The van der Waals surface area contributed by atoms with Gasteiger partial charge in [0.05, 0.1) is 11.6 Å². The average Bonchev–Trinajstić information content (AvgIpc) is 3.53. The zero-order valence-electron chi connectivity index (χ0n) is 15.0. The van der Waals surface area contributed by atoms with E-state index < -0.39 is 24.0 Å². The Kier molecular flexibility index (Phi) is 5.41. The van der Waals surface area contributed by atoms with E-state index in [2.05, 4.69) is 11.4 Å². The Bertz CT molecular complexity index is 854. The first-order valence-corrected chi connectivity index (χ1v) is 8.72. The summed E-state index contributed by atoms with van der Waals surface area (Å²) in [7, 11) is 0. The Balaban J connectivity index is 1.50. The van der Waals surface area contributed by atoms with E-state index in [4.69, 9.17) is 9.47 Å². The lowest BCUT2D eigenvalue weighted by molar-refractivity contribution is -0.125. The Morgan fingerprint density at radius 3 is 2.33 bits per heavy atom. The third kappa shape index (κ3) is 4.85. The molecule has 1 N–H and O–H groups in total. The van der Waals surface area contributed by atoms with Crippen LogP contribution in [-0.4, -0.2) is 24.0 Å². The molecule has 138 valence electrons. The van der Waals surface area contributed by atoms with Crippen molar-refractivity contribution in [3.8, 4) is 17.6 Å². The van der Waals surface area contributed by atoms with Crippen molar-refractivity contribution in [1.29, 1.82) is 5.26 Å². The van der Waals surface area contributed by atoms with E-state index >= 15 is 0 Å². The summed E-state index contributed by atoms with van der Waals surface area (Å²) in [5.74, 6) is 0.356. The van der Waals surface area contributed by atoms with Crippen LogP contribution in [0.3, 0.4) is 0 Å². The number of nitriles is 1. The molecule has 1 aliphatic carbocycles. The molecule has 0 unspecified atom stereocenters. The molecule has 1 atom stereocenters. The molecule has 2 aromatic rings. The van der Waals surface area contributed by atoms with Gasteiger partial charge in [0.25, 0.3) is 5.91 Å². The van der Waals surface area contributed by atoms with Crippen LogP contribution in [0.2, 0.25) is 0 Å². The molecular weight excluding hydrogens is 344 g/mol. The van der Waals surface area contributed by atoms with Gasteiger partial charge in [-0.05, 0) is 62.1 Å². The smallest absolute Gasteiger partial charge is 0.338 e. The van der Waals surface area contributed by atoms with Crippen molar-refractivity contribution < 1.29 is 19.1 Å². The topological polar surface area (TPSA) is 88.4 Å². The van der Waals surface area contributed by atoms with Gasteiger partial charge < -0.3 is 14.8 Å². The Morgan fingerprint density at radius 1 is 1.11 bits per heavy atom. The number of benzene rings is 2. The van der Waals surface area contributed by atoms with Crippen LogP contribution in [0.4, 0.5) is 0 Å². The first-order chi connectivity index (χ1) is 13.0. The molecule has 0 bridgehead atoms. The van der Waals surface area contributed by atoms with Crippen LogP contribution in [0.15, 0.2) is 54.6 Å². The van der Waals surface area contributed by atoms with Crippen LogP contribution in [0.5, 0.6) is 11.5 Å². The fraction of sp³-hybridized carbons (Fsp3) is 0.286. The summed E-state index contributed by atoms with van der Waals surface area (Å²) in [4.78, 5) is 24.1. The molecule has 3 rings (SSSR count). The van der Waals surface area contributed by atoms with Crippen molar-refractivity contribution in [2.24, 2.45) is 5.92 Å². The van der Waals surface area contributed by atoms with Crippen molar-refractivity contribution in [2.75, 3.05) is 6.61 Å². The van der Waals surface area contributed by atoms with Gasteiger partial charge >= 0.3 is 5.97 Å². The first-order valence-electron chi connectivity index (χ1n) is 8.72. The van der Waals surface area contributed by atoms with Crippen LogP contribution in [0, 0.1) is 17.2 Å². The van der Waals surface area contributed by atoms with Crippen molar-refractivity contribution >= 4 is 11.9 Å². The predicted molar refractivity (Wildman–Crippen MR) is 98.1 cm³/mol. The van der Waals surface area contributed by atoms with Crippen LogP contribution in [-0.2, 0) is 9.53 Å². The van der Waals surface area contributed by atoms with Crippen LogP contribution < -0.4 is 10.1 Å². The van der Waals surface area contributed by atoms with Crippen molar-refractivity contribution in [3.05, 3.63) is 60.2 Å². The normalized spacial score (nSPS) is 15.1. The molecule has 0 heterocycles. The van der Waals surface area contributed by atoms with Gasteiger partial charge in [-0.15, -0.1) is 0 Å². The van der Waals surface area contributed by atoms with Crippen LogP contribution >= 0.6 is 0 Å². The van der Waals surface area contributed by atoms with E-state index in [9.17, 15) is 14.9 Å². The molecule has 2 aromatic carbocycles. The highest BCUT2D eigenvalue weighted by Gasteiger charge is 2.43. The molecule has 0 spiro atoms. The second kappa shape index (κ2) is 7.92. The molecule has 27 heavy (non-hydrogen) atoms. The Labute approximate surface area is 157 Å². The molecule has 6 heteroatoms. The largest absolute Gasteiger partial charge is 0.457 e. The SMILES string of the molecule is C[C@](C#N)(NC(=O)COC(=O)c1ccc(Oc2ccccc2)cc1)C1CC1. The fourth-order valence-electron chi connectivity index (χ4n) is 2.71. The highest BCUT2D eigenvalue weighted by Crippen LogP contribution is 2.39. The van der Waals surface area contributed by atoms with E-state index in [1.54, 1.807) is 31.2 Å².